The van der Waals surface area contributed by atoms with Gasteiger partial charge >= 0.3 is 11.9 Å². The lowest BCUT2D eigenvalue weighted by Gasteiger charge is -2.38. The van der Waals surface area contributed by atoms with Crippen LogP contribution in [0.3, 0.4) is 0 Å². The summed E-state index contributed by atoms with van der Waals surface area (Å²) in [7, 11) is 0. The van der Waals surface area contributed by atoms with Gasteiger partial charge in [0.05, 0.1) is 21.0 Å². The minimum absolute atomic E-state index is 0.00646. The molecule has 0 radical (unpaired) electrons. The second kappa shape index (κ2) is 10.9. The molecule has 11 heteroatoms. The first-order chi connectivity index (χ1) is 17.2. The van der Waals surface area contributed by atoms with Crippen LogP contribution in [-0.4, -0.2) is 40.0 Å². The molecule has 1 fully saturated rings. The van der Waals surface area contributed by atoms with Gasteiger partial charge in [0.25, 0.3) is 5.91 Å². The van der Waals surface area contributed by atoms with E-state index >= 15 is 0 Å². The van der Waals surface area contributed by atoms with E-state index in [4.69, 9.17) is 34.8 Å². The zero-order valence-electron chi connectivity index (χ0n) is 20.4. The average Bonchev–Trinajstić information content (AvgIpc) is 3.03. The fourth-order valence-electron chi connectivity index (χ4n) is 4.73. The lowest BCUT2D eigenvalue weighted by atomic mass is 9.65. The number of carboxylic acid groups (broad SMARTS) is 2. The summed E-state index contributed by atoms with van der Waals surface area (Å²) in [6.07, 6.45) is 0.669. The minimum Gasteiger partial charge on any atom is -0.481 e. The Bertz CT molecular complexity index is 1220. The van der Waals surface area contributed by atoms with Gasteiger partial charge in [-0.05, 0) is 55.0 Å². The molecule has 8 nitrogen and oxygen atoms in total. The van der Waals surface area contributed by atoms with Crippen molar-refractivity contribution in [3.05, 3.63) is 62.6 Å². The Kier molecular flexibility index (Phi) is 8.47. The van der Waals surface area contributed by atoms with Crippen molar-refractivity contribution in [3.8, 4) is 0 Å². The third-order valence-electron chi connectivity index (χ3n) is 7.51. The number of hydrogen-bond donors (Lipinski definition) is 4. The molecule has 0 heterocycles. The molecule has 37 heavy (non-hydrogen) atoms. The van der Waals surface area contributed by atoms with Crippen LogP contribution >= 0.6 is 34.8 Å². The lowest BCUT2D eigenvalue weighted by Crippen LogP contribution is -2.49. The molecule has 3 rings (SSSR count). The number of aliphatic carboxylic acids is 2. The molecular weight excluding hydrogens is 543 g/mol. The maximum absolute atomic E-state index is 13.0. The first kappa shape index (κ1) is 28.8. The first-order valence-corrected chi connectivity index (χ1v) is 12.6. The second-order valence-corrected chi connectivity index (χ2v) is 11.2. The third kappa shape index (κ3) is 5.87. The summed E-state index contributed by atoms with van der Waals surface area (Å²) in [5.41, 5.74) is -0.850. The molecule has 3 atom stereocenters. The first-order valence-electron chi connectivity index (χ1n) is 11.5. The Balaban J connectivity index is 1.68. The van der Waals surface area contributed by atoms with Crippen molar-refractivity contribution in [3.63, 3.8) is 0 Å². The molecule has 0 spiro atoms. The monoisotopic (exact) mass is 568 g/mol. The Morgan fingerprint density at radius 3 is 2.05 bits per heavy atom. The molecule has 1 saturated carbocycles. The number of halogens is 3. The molecular formula is C26H27Cl3N2O6. The summed E-state index contributed by atoms with van der Waals surface area (Å²) < 4.78 is 0. The predicted molar refractivity (Wildman–Crippen MR) is 141 cm³/mol. The molecule has 0 unspecified atom stereocenters. The van der Waals surface area contributed by atoms with E-state index in [1.807, 2.05) is 0 Å². The minimum atomic E-state index is -1.22. The van der Waals surface area contributed by atoms with E-state index in [1.165, 1.54) is 12.1 Å². The second-order valence-electron chi connectivity index (χ2n) is 9.95. The third-order valence-corrected chi connectivity index (χ3v) is 8.33. The zero-order valence-corrected chi connectivity index (χ0v) is 22.7. The highest BCUT2D eigenvalue weighted by Gasteiger charge is 2.58. The van der Waals surface area contributed by atoms with Gasteiger partial charge in [0.2, 0.25) is 5.91 Å². The highest BCUT2D eigenvalue weighted by molar-refractivity contribution is 6.42. The molecule has 0 aliphatic heterocycles. The number of amides is 2. The van der Waals surface area contributed by atoms with E-state index in [0.717, 1.165) is 0 Å². The van der Waals surface area contributed by atoms with Gasteiger partial charge < -0.3 is 20.8 Å². The number of carboxylic acids is 2. The highest BCUT2D eigenvalue weighted by atomic mass is 35.5. The van der Waals surface area contributed by atoms with Crippen molar-refractivity contribution in [2.45, 2.75) is 46.1 Å². The largest absolute Gasteiger partial charge is 0.481 e. The summed E-state index contributed by atoms with van der Waals surface area (Å²) in [5, 5.41) is 25.1. The quantitative estimate of drug-likeness (QED) is 0.330. The van der Waals surface area contributed by atoms with Crippen LogP contribution in [-0.2, 0) is 20.8 Å². The molecule has 0 bridgehead atoms. The van der Waals surface area contributed by atoms with Gasteiger partial charge in [-0.1, -0.05) is 60.8 Å². The van der Waals surface area contributed by atoms with Gasteiger partial charge in [-0.2, -0.15) is 0 Å². The Labute approximate surface area is 229 Å². The standard InChI is InChI=1S/C26H27Cl3N2O6/c1-25(2)16(8-9-26(25,3)24(36)37)21(32)31-19(23(34)35)10-13-4-6-15(7-5-13)30-22(33)20-17(28)11-14(27)12-18(20)29/h4-7,11-12,16,19H,8-10H2,1-3H3,(H,30,33)(H,31,32)(H,34,35)(H,36,37)/t16-,19+,26+/m1/s1. The van der Waals surface area contributed by atoms with Gasteiger partial charge in [0, 0.05) is 23.0 Å². The van der Waals surface area contributed by atoms with E-state index in [-0.39, 0.29) is 22.0 Å². The molecule has 1 aliphatic rings. The van der Waals surface area contributed by atoms with Gasteiger partial charge in [-0.25, -0.2) is 4.79 Å². The van der Waals surface area contributed by atoms with Crippen LogP contribution in [0.2, 0.25) is 15.1 Å². The number of carbonyl (C=O) groups excluding carboxylic acids is 2. The van der Waals surface area contributed by atoms with Crippen LogP contribution in [0.4, 0.5) is 5.69 Å². The molecule has 0 saturated heterocycles. The Hall–Kier alpha value is -2.81. The maximum atomic E-state index is 13.0. The number of carbonyl (C=O) groups is 4. The number of benzene rings is 2. The fourth-order valence-corrected chi connectivity index (χ4v) is 5.72. The number of rotatable bonds is 8. The fraction of sp³-hybridized carbons (Fsp3) is 0.385. The molecule has 1 aliphatic carbocycles. The van der Waals surface area contributed by atoms with Gasteiger partial charge in [0.1, 0.15) is 6.04 Å². The summed E-state index contributed by atoms with van der Waals surface area (Å²) in [4.78, 5) is 49.4. The van der Waals surface area contributed by atoms with Crippen LogP contribution in [0, 0.1) is 16.7 Å². The van der Waals surface area contributed by atoms with Gasteiger partial charge in [0.15, 0.2) is 0 Å². The summed E-state index contributed by atoms with van der Waals surface area (Å²) >= 11 is 18.1. The average molecular weight is 570 g/mol. The topological polar surface area (TPSA) is 133 Å². The van der Waals surface area contributed by atoms with E-state index in [2.05, 4.69) is 10.6 Å². The van der Waals surface area contributed by atoms with E-state index < -0.39 is 46.5 Å². The van der Waals surface area contributed by atoms with E-state index in [1.54, 1.807) is 45.0 Å². The van der Waals surface area contributed by atoms with Crippen LogP contribution in [0.25, 0.3) is 0 Å². The molecule has 2 aromatic carbocycles. The Morgan fingerprint density at radius 1 is 1.00 bits per heavy atom. The van der Waals surface area contributed by atoms with Gasteiger partial charge in [-0.3, -0.25) is 14.4 Å². The normalized spacial score (nSPS) is 21.2. The predicted octanol–water partition coefficient (Wildman–Crippen LogP) is 5.54. The molecule has 0 aromatic heterocycles. The van der Waals surface area contributed by atoms with Crippen molar-refractivity contribution in [2.24, 2.45) is 16.7 Å². The Morgan fingerprint density at radius 2 is 1.57 bits per heavy atom. The van der Waals surface area contributed by atoms with Crippen molar-refractivity contribution in [1.82, 2.24) is 5.32 Å². The number of hydrogen-bond acceptors (Lipinski definition) is 4. The lowest BCUT2D eigenvalue weighted by molar-refractivity contribution is -0.155. The van der Waals surface area contributed by atoms with Crippen LogP contribution in [0.5, 0.6) is 0 Å². The summed E-state index contributed by atoms with van der Waals surface area (Å²) in [6.45, 7) is 5.07. The van der Waals surface area contributed by atoms with E-state index in [0.29, 0.717) is 29.1 Å². The SMILES string of the molecule is CC1(C)[C@@H](C(=O)N[C@@H](Cc2ccc(NC(=O)c3c(Cl)cc(Cl)cc3Cl)cc2)C(=O)O)CC[C@@]1(C)C(=O)O. The van der Waals surface area contributed by atoms with Crippen molar-refractivity contribution in [1.29, 1.82) is 0 Å². The zero-order chi connectivity index (χ0) is 27.7. The number of nitrogens with one attached hydrogen (secondary N) is 2. The molecule has 2 aromatic rings. The van der Waals surface area contributed by atoms with Crippen LogP contribution < -0.4 is 10.6 Å². The highest BCUT2D eigenvalue weighted by Crippen LogP contribution is 2.56. The summed E-state index contributed by atoms with van der Waals surface area (Å²) in [5.74, 6) is -3.85. The smallest absolute Gasteiger partial charge is 0.326 e. The van der Waals surface area contributed by atoms with Crippen molar-refractivity contribution in [2.75, 3.05) is 5.32 Å². The molecule has 198 valence electrons. The maximum Gasteiger partial charge on any atom is 0.326 e. The molecule has 2 amide bonds. The van der Waals surface area contributed by atoms with Crippen molar-refractivity contribution < 1.29 is 29.4 Å². The van der Waals surface area contributed by atoms with Gasteiger partial charge in [-0.15, -0.1) is 0 Å². The van der Waals surface area contributed by atoms with Crippen LogP contribution in [0.15, 0.2) is 36.4 Å². The molecule has 4 N–H and O–H groups in total. The number of anilines is 1. The van der Waals surface area contributed by atoms with Crippen molar-refractivity contribution >= 4 is 64.2 Å². The van der Waals surface area contributed by atoms with E-state index in [9.17, 15) is 29.4 Å². The van der Waals surface area contributed by atoms with Crippen LogP contribution in [0.1, 0.15) is 49.5 Å². The summed E-state index contributed by atoms with van der Waals surface area (Å²) in [6, 6.07) is 8.03.